The second-order valence-electron chi connectivity index (χ2n) is 3.04. The number of likely N-dealkylation sites (tertiary alicyclic amines) is 1. The average Bonchev–Trinajstić information content (AvgIpc) is 2.37. The summed E-state index contributed by atoms with van der Waals surface area (Å²) >= 11 is 0. The van der Waals surface area contributed by atoms with E-state index in [1.54, 1.807) is 0 Å². The third-order valence-corrected chi connectivity index (χ3v) is 2.14. The maximum absolute atomic E-state index is 5.47. The number of nitrogens with zero attached hydrogens (tertiary/aromatic N) is 1. The van der Waals surface area contributed by atoms with Gasteiger partial charge >= 0.3 is 0 Å². The molecule has 0 bridgehead atoms. The normalized spacial score (nSPS) is 19.2. The van der Waals surface area contributed by atoms with Crippen molar-refractivity contribution < 1.29 is 1.43 Å². The Balaban J connectivity index is 0. The minimum absolute atomic E-state index is 0. The van der Waals surface area contributed by atoms with E-state index in [9.17, 15) is 0 Å². The van der Waals surface area contributed by atoms with Crippen LogP contribution in [-0.4, -0.2) is 31.1 Å². The van der Waals surface area contributed by atoms with Crippen molar-refractivity contribution in [3.63, 3.8) is 0 Å². The molecular weight excluding hydrogens is 148 g/mol. The van der Waals surface area contributed by atoms with E-state index in [2.05, 4.69) is 4.90 Å². The monoisotopic (exact) mass is 174 g/mol. The average molecular weight is 174 g/mol. The molecule has 1 rings (SSSR count). The third kappa shape index (κ3) is 5.56. The van der Waals surface area contributed by atoms with Gasteiger partial charge in [-0.05, 0) is 25.9 Å². The molecule has 1 aliphatic heterocycles. The number of nitrogens with two attached hydrogens (primary N) is 1. The Kier molecular flexibility index (Phi) is 8.95. The van der Waals surface area contributed by atoms with E-state index < -0.39 is 0 Å². The lowest BCUT2D eigenvalue weighted by Crippen LogP contribution is -2.30. The lowest BCUT2D eigenvalue weighted by molar-refractivity contribution is 0.293. The van der Waals surface area contributed by atoms with Gasteiger partial charge in [-0.1, -0.05) is 26.7 Å². The van der Waals surface area contributed by atoms with Gasteiger partial charge in [-0.25, -0.2) is 0 Å². The quantitative estimate of drug-likeness (QED) is 0.694. The fraction of sp³-hybridized carbons (Fsp3) is 1.00. The van der Waals surface area contributed by atoms with Gasteiger partial charge < -0.3 is 10.6 Å². The Morgan fingerprint density at radius 3 is 2.00 bits per heavy atom. The molecule has 1 aliphatic rings. The smallest absolute Gasteiger partial charge is 0.0105 e. The molecule has 2 heteroatoms. The molecule has 0 atom stereocenters. The van der Waals surface area contributed by atoms with Crippen LogP contribution in [0.2, 0.25) is 0 Å². The molecule has 0 aromatic carbocycles. The van der Waals surface area contributed by atoms with Crippen LogP contribution in [-0.2, 0) is 0 Å². The second kappa shape index (κ2) is 9.01. The predicted octanol–water partition coefficient (Wildman–Crippen LogP) is 2.09. The number of rotatable bonds is 2. The van der Waals surface area contributed by atoms with Gasteiger partial charge in [-0.2, -0.15) is 0 Å². The molecule has 1 fully saturated rings. The summed E-state index contributed by atoms with van der Waals surface area (Å²) in [5.74, 6) is 0. The summed E-state index contributed by atoms with van der Waals surface area (Å²) in [5.41, 5.74) is 5.47. The van der Waals surface area contributed by atoms with E-state index in [4.69, 9.17) is 5.73 Å². The van der Waals surface area contributed by atoms with E-state index in [0.29, 0.717) is 0 Å². The summed E-state index contributed by atoms with van der Waals surface area (Å²) in [5, 5.41) is 0. The van der Waals surface area contributed by atoms with Gasteiger partial charge in [0.2, 0.25) is 0 Å². The molecule has 76 valence electrons. The molecule has 0 unspecified atom stereocenters. The molecule has 2 N–H and O–H groups in total. The van der Waals surface area contributed by atoms with E-state index in [1.807, 2.05) is 13.8 Å². The van der Waals surface area contributed by atoms with Crippen LogP contribution in [0.15, 0.2) is 0 Å². The van der Waals surface area contributed by atoms with Crippen LogP contribution < -0.4 is 5.73 Å². The van der Waals surface area contributed by atoms with Crippen molar-refractivity contribution in [3.8, 4) is 0 Å². The Morgan fingerprint density at radius 1 is 1.08 bits per heavy atom. The lowest BCUT2D eigenvalue weighted by atomic mass is 10.2. The fourth-order valence-corrected chi connectivity index (χ4v) is 1.54. The predicted molar refractivity (Wildman–Crippen MR) is 57.4 cm³/mol. The molecule has 2 nitrogen and oxygen atoms in total. The van der Waals surface area contributed by atoms with Crippen LogP contribution in [0.5, 0.6) is 0 Å². The molecule has 0 spiro atoms. The molecule has 0 amide bonds. The minimum Gasteiger partial charge on any atom is -0.329 e. The van der Waals surface area contributed by atoms with Gasteiger partial charge in [-0.15, -0.1) is 0 Å². The largest absolute Gasteiger partial charge is 0.329 e. The highest BCUT2D eigenvalue weighted by atomic mass is 15.1. The molecule has 0 aromatic heterocycles. The first-order valence-electron chi connectivity index (χ1n) is 5.36. The van der Waals surface area contributed by atoms with Crippen molar-refractivity contribution in [1.29, 1.82) is 0 Å². The van der Waals surface area contributed by atoms with E-state index in [-0.39, 0.29) is 1.43 Å². The third-order valence-electron chi connectivity index (χ3n) is 2.14. The van der Waals surface area contributed by atoms with E-state index >= 15 is 0 Å². The highest BCUT2D eigenvalue weighted by Gasteiger charge is 2.06. The molecule has 1 saturated heterocycles. The molecule has 1 heterocycles. The zero-order chi connectivity index (χ0) is 9.23. The van der Waals surface area contributed by atoms with Crippen molar-refractivity contribution in [2.24, 2.45) is 5.73 Å². The Morgan fingerprint density at radius 2 is 1.58 bits per heavy atom. The van der Waals surface area contributed by atoms with Crippen molar-refractivity contribution >= 4 is 0 Å². The molecule has 0 radical (unpaired) electrons. The van der Waals surface area contributed by atoms with Gasteiger partial charge in [0.1, 0.15) is 0 Å². The van der Waals surface area contributed by atoms with Crippen LogP contribution in [0, 0.1) is 0 Å². The van der Waals surface area contributed by atoms with Gasteiger partial charge in [0.25, 0.3) is 0 Å². The number of hydrogen-bond acceptors (Lipinski definition) is 2. The van der Waals surface area contributed by atoms with Gasteiger partial charge in [0.15, 0.2) is 0 Å². The lowest BCUT2D eigenvalue weighted by Gasteiger charge is -2.17. The summed E-state index contributed by atoms with van der Waals surface area (Å²) in [6.07, 6.45) is 5.59. The van der Waals surface area contributed by atoms with Crippen LogP contribution in [0.3, 0.4) is 0 Å². The van der Waals surface area contributed by atoms with Crippen LogP contribution in [0.25, 0.3) is 0 Å². The molecule has 12 heavy (non-hydrogen) atoms. The Hall–Kier alpha value is -0.0800. The summed E-state index contributed by atoms with van der Waals surface area (Å²) in [6, 6.07) is 0. The summed E-state index contributed by atoms with van der Waals surface area (Å²) in [4.78, 5) is 2.48. The topological polar surface area (TPSA) is 29.3 Å². The molecule has 0 aromatic rings. The summed E-state index contributed by atoms with van der Waals surface area (Å²) in [6.45, 7) is 8.47. The highest BCUT2D eigenvalue weighted by molar-refractivity contribution is 4.62. The zero-order valence-corrected chi connectivity index (χ0v) is 8.68. The maximum atomic E-state index is 5.47. The van der Waals surface area contributed by atoms with E-state index in [0.717, 1.165) is 13.1 Å². The van der Waals surface area contributed by atoms with Crippen molar-refractivity contribution in [2.75, 3.05) is 26.2 Å². The van der Waals surface area contributed by atoms with Crippen molar-refractivity contribution in [1.82, 2.24) is 4.90 Å². The first kappa shape index (κ1) is 11.9. The summed E-state index contributed by atoms with van der Waals surface area (Å²) < 4.78 is 0. The Bertz CT molecular complexity index is 81.0. The van der Waals surface area contributed by atoms with Crippen LogP contribution in [0.1, 0.15) is 41.0 Å². The highest BCUT2D eigenvalue weighted by Crippen LogP contribution is 2.08. The van der Waals surface area contributed by atoms with Gasteiger partial charge in [-0.3, -0.25) is 0 Å². The standard InChI is InChI=1S/C8H18N2.C2H6.H2/c9-5-8-10-6-3-1-2-4-7-10;1-2;/h1-9H2;1-2H3;1H. The molecule has 0 saturated carbocycles. The molecule has 0 aliphatic carbocycles. The molecular formula is C10H26N2. The van der Waals surface area contributed by atoms with Crippen molar-refractivity contribution in [2.45, 2.75) is 39.5 Å². The maximum Gasteiger partial charge on any atom is 0.0105 e. The zero-order valence-electron chi connectivity index (χ0n) is 8.68. The fourth-order valence-electron chi connectivity index (χ4n) is 1.54. The van der Waals surface area contributed by atoms with Gasteiger partial charge in [0, 0.05) is 14.5 Å². The summed E-state index contributed by atoms with van der Waals surface area (Å²) in [7, 11) is 0. The van der Waals surface area contributed by atoms with Crippen LogP contribution >= 0.6 is 0 Å². The first-order chi connectivity index (χ1) is 5.93. The number of hydrogen-bond donors (Lipinski definition) is 1. The SMILES string of the molecule is CC.NCCN1CCCCCC1.[HH]. The first-order valence-corrected chi connectivity index (χ1v) is 5.36. The van der Waals surface area contributed by atoms with Crippen molar-refractivity contribution in [3.05, 3.63) is 0 Å². The minimum atomic E-state index is 0. The van der Waals surface area contributed by atoms with Gasteiger partial charge in [0.05, 0.1) is 0 Å². The van der Waals surface area contributed by atoms with E-state index in [1.165, 1.54) is 38.8 Å². The Labute approximate surface area is 78.6 Å². The van der Waals surface area contributed by atoms with Crippen LogP contribution in [0.4, 0.5) is 0 Å². The second-order valence-corrected chi connectivity index (χ2v) is 3.04.